The summed E-state index contributed by atoms with van der Waals surface area (Å²) in [6, 6.07) is 5.86. The van der Waals surface area contributed by atoms with Gasteiger partial charge in [-0.2, -0.15) is 0 Å². The van der Waals surface area contributed by atoms with Crippen molar-refractivity contribution in [2.24, 2.45) is 0 Å². The van der Waals surface area contributed by atoms with E-state index in [0.29, 0.717) is 24.9 Å². The van der Waals surface area contributed by atoms with Crippen molar-refractivity contribution < 1.29 is 48.6 Å². The summed E-state index contributed by atoms with van der Waals surface area (Å²) in [6.07, 6.45) is 4.36. The maximum atomic E-state index is 13.0. The van der Waals surface area contributed by atoms with Crippen LogP contribution in [-0.4, -0.2) is 18.0 Å². The van der Waals surface area contributed by atoms with E-state index >= 15 is 0 Å². The maximum Gasteiger partial charge on any atom is 1.00 e. The Balaban J connectivity index is 0.00000484. The first-order chi connectivity index (χ1) is 10.5. The van der Waals surface area contributed by atoms with Gasteiger partial charge in [0.1, 0.15) is 0 Å². The van der Waals surface area contributed by atoms with Crippen LogP contribution in [0, 0.1) is 0 Å². The third-order valence-corrected chi connectivity index (χ3v) is 3.52. The molecule has 122 valence electrons. The first-order valence-corrected chi connectivity index (χ1v) is 7.78. The summed E-state index contributed by atoms with van der Waals surface area (Å²) in [5, 5.41) is 13.3. The molecule has 1 N–H and O–H groups in total. The van der Waals surface area contributed by atoms with Crippen molar-refractivity contribution >= 4 is 17.6 Å². The van der Waals surface area contributed by atoms with Crippen LogP contribution in [0.5, 0.6) is 0 Å². The van der Waals surface area contributed by atoms with Crippen LogP contribution in [0.4, 0.5) is 10.1 Å². The number of carbonyl (C=O) groups is 2. The SMILES string of the molecule is CCC(F)CCCCCCC(=O)Nc1ccc(C(=O)[O-])cc1.[Na+]. The number of carbonyl (C=O) groups excluding carboxylic acids is 2. The molecule has 6 heteroatoms. The van der Waals surface area contributed by atoms with Crippen LogP contribution < -0.4 is 40.0 Å². The number of benzene rings is 1. The number of carboxylic acids is 1. The molecule has 1 unspecified atom stereocenters. The Morgan fingerprint density at radius 1 is 1.13 bits per heavy atom. The van der Waals surface area contributed by atoms with Crippen molar-refractivity contribution in [2.75, 3.05) is 5.32 Å². The normalized spacial score (nSPS) is 11.4. The molecule has 0 bridgehead atoms. The number of aromatic carboxylic acids is 1. The van der Waals surface area contributed by atoms with Crippen LogP contribution in [-0.2, 0) is 4.79 Å². The predicted octanol–water partition coefficient (Wildman–Crippen LogP) is 0.0813. The summed E-state index contributed by atoms with van der Waals surface area (Å²) >= 11 is 0. The fraction of sp³-hybridized carbons (Fsp3) is 0.529. The molecule has 0 aliphatic carbocycles. The van der Waals surface area contributed by atoms with E-state index in [9.17, 15) is 19.1 Å². The third kappa shape index (κ3) is 9.74. The standard InChI is InChI=1S/C17H24FNO3.Na/c1-2-14(18)7-5-3-4-6-8-16(20)19-15-11-9-13(10-12-15)17(21)22;/h9-12,14H,2-8H2,1H3,(H,19,20)(H,21,22);/q;+1/p-1. The van der Waals surface area contributed by atoms with Gasteiger partial charge < -0.3 is 15.2 Å². The molecule has 0 spiro atoms. The molecule has 0 saturated heterocycles. The van der Waals surface area contributed by atoms with Crippen LogP contribution in [0.15, 0.2) is 24.3 Å². The minimum Gasteiger partial charge on any atom is -0.545 e. The van der Waals surface area contributed by atoms with Crippen LogP contribution in [0.3, 0.4) is 0 Å². The molecule has 23 heavy (non-hydrogen) atoms. The molecule has 1 rings (SSSR count). The molecule has 4 nitrogen and oxygen atoms in total. The number of amides is 1. The number of halogens is 1. The zero-order chi connectivity index (χ0) is 16.4. The molecule has 0 aliphatic heterocycles. The van der Waals surface area contributed by atoms with E-state index in [0.717, 1.165) is 25.7 Å². The largest absolute Gasteiger partial charge is 1.00 e. The fourth-order valence-corrected chi connectivity index (χ4v) is 2.12. The Morgan fingerprint density at radius 2 is 1.74 bits per heavy atom. The van der Waals surface area contributed by atoms with Crippen LogP contribution in [0.1, 0.15) is 62.2 Å². The van der Waals surface area contributed by atoms with Crippen molar-refractivity contribution in [3.05, 3.63) is 29.8 Å². The van der Waals surface area contributed by atoms with Gasteiger partial charge in [-0.3, -0.25) is 4.79 Å². The number of nitrogens with one attached hydrogen (secondary N) is 1. The summed E-state index contributed by atoms with van der Waals surface area (Å²) in [4.78, 5) is 22.3. The summed E-state index contributed by atoms with van der Waals surface area (Å²) in [5.41, 5.74) is 0.648. The Kier molecular flexibility index (Phi) is 12.0. The average Bonchev–Trinajstić information content (AvgIpc) is 2.50. The summed E-state index contributed by atoms with van der Waals surface area (Å²) in [5.74, 6) is -1.34. The number of rotatable bonds is 10. The average molecular weight is 331 g/mol. The van der Waals surface area contributed by atoms with Gasteiger partial charge in [-0.25, -0.2) is 4.39 Å². The van der Waals surface area contributed by atoms with Gasteiger partial charge in [0.25, 0.3) is 0 Å². The molecule has 0 heterocycles. The second kappa shape index (κ2) is 12.5. The molecule has 0 aromatic heterocycles. The topological polar surface area (TPSA) is 69.2 Å². The van der Waals surface area contributed by atoms with E-state index in [2.05, 4.69) is 5.32 Å². The van der Waals surface area contributed by atoms with Crippen molar-refractivity contribution in [1.29, 1.82) is 0 Å². The minimum atomic E-state index is -1.24. The number of carboxylic acid groups (broad SMARTS) is 1. The molecule has 0 saturated carbocycles. The molecule has 0 aliphatic rings. The van der Waals surface area contributed by atoms with Crippen molar-refractivity contribution in [2.45, 2.75) is 58.0 Å². The van der Waals surface area contributed by atoms with Gasteiger partial charge in [0.05, 0.1) is 12.1 Å². The van der Waals surface area contributed by atoms with Gasteiger partial charge >= 0.3 is 29.6 Å². The summed E-state index contributed by atoms with van der Waals surface area (Å²) < 4.78 is 13.0. The first kappa shape index (κ1) is 22.1. The monoisotopic (exact) mass is 331 g/mol. The van der Waals surface area contributed by atoms with Gasteiger partial charge in [0.15, 0.2) is 0 Å². The Hall–Kier alpha value is -0.910. The van der Waals surface area contributed by atoms with Gasteiger partial charge in [-0.05, 0) is 37.0 Å². The van der Waals surface area contributed by atoms with E-state index in [1.54, 1.807) is 0 Å². The number of unbranched alkanes of at least 4 members (excludes halogenated alkanes) is 3. The van der Waals surface area contributed by atoms with Crippen molar-refractivity contribution in [1.82, 2.24) is 0 Å². The number of anilines is 1. The van der Waals surface area contributed by atoms with E-state index in [-0.39, 0.29) is 41.0 Å². The van der Waals surface area contributed by atoms with Crippen LogP contribution in [0.25, 0.3) is 0 Å². The summed E-state index contributed by atoms with van der Waals surface area (Å²) in [7, 11) is 0. The molecular formula is C17H23FNNaO3. The van der Waals surface area contributed by atoms with E-state index < -0.39 is 12.1 Å². The zero-order valence-electron chi connectivity index (χ0n) is 13.9. The second-order valence-electron chi connectivity index (χ2n) is 5.37. The molecule has 1 aromatic rings. The fourth-order valence-electron chi connectivity index (χ4n) is 2.12. The van der Waals surface area contributed by atoms with Crippen LogP contribution in [0.2, 0.25) is 0 Å². The molecular weight excluding hydrogens is 308 g/mol. The number of hydrogen-bond acceptors (Lipinski definition) is 3. The maximum absolute atomic E-state index is 13.0. The molecule has 0 radical (unpaired) electrons. The molecule has 1 aromatic carbocycles. The Labute approximate surface area is 159 Å². The number of alkyl halides is 1. The van der Waals surface area contributed by atoms with Crippen molar-refractivity contribution in [3.8, 4) is 0 Å². The Bertz CT molecular complexity index is 479. The predicted molar refractivity (Wildman–Crippen MR) is 82.3 cm³/mol. The van der Waals surface area contributed by atoms with E-state index in [4.69, 9.17) is 0 Å². The third-order valence-electron chi connectivity index (χ3n) is 3.52. The molecule has 0 fully saturated rings. The quantitative estimate of drug-likeness (QED) is 0.488. The Morgan fingerprint density at radius 3 is 2.30 bits per heavy atom. The minimum absolute atomic E-state index is 0. The van der Waals surface area contributed by atoms with Gasteiger partial charge in [-0.1, -0.05) is 38.3 Å². The molecule has 1 atom stereocenters. The smallest absolute Gasteiger partial charge is 0.545 e. The van der Waals surface area contributed by atoms with Crippen LogP contribution >= 0.6 is 0 Å². The van der Waals surface area contributed by atoms with Gasteiger partial charge in [0, 0.05) is 12.1 Å². The van der Waals surface area contributed by atoms with Crippen molar-refractivity contribution in [3.63, 3.8) is 0 Å². The molecule has 1 amide bonds. The van der Waals surface area contributed by atoms with E-state index in [1.807, 2.05) is 6.92 Å². The second-order valence-corrected chi connectivity index (χ2v) is 5.37. The number of hydrogen-bond donors (Lipinski definition) is 1. The van der Waals surface area contributed by atoms with Gasteiger partial charge in [-0.15, -0.1) is 0 Å². The first-order valence-electron chi connectivity index (χ1n) is 7.78. The van der Waals surface area contributed by atoms with Gasteiger partial charge in [0.2, 0.25) is 5.91 Å². The van der Waals surface area contributed by atoms with E-state index in [1.165, 1.54) is 24.3 Å². The summed E-state index contributed by atoms with van der Waals surface area (Å²) in [6.45, 7) is 1.84. The zero-order valence-corrected chi connectivity index (χ0v) is 15.9.